The van der Waals surface area contributed by atoms with Crippen molar-refractivity contribution in [1.82, 2.24) is 9.80 Å². The number of ether oxygens (including phenoxy) is 1. The van der Waals surface area contributed by atoms with Gasteiger partial charge in [0.1, 0.15) is 0 Å². The largest absolute Gasteiger partial charge is 0.371 e. The molecule has 0 spiro atoms. The predicted octanol–water partition coefficient (Wildman–Crippen LogP) is 3.00. The molecule has 2 atom stereocenters. The first kappa shape index (κ1) is 15.8. The molecule has 0 saturated carbocycles. The SMILES string of the molecule is CCCCC(C1CO1)N1CCC(C2CCN(C)CC2)CC1. The molecular formula is C18H34N2O. The normalized spacial score (nSPS) is 31.4. The van der Waals surface area contributed by atoms with Crippen molar-refractivity contribution in [2.24, 2.45) is 11.8 Å². The Labute approximate surface area is 131 Å². The Morgan fingerprint density at radius 2 is 1.57 bits per heavy atom. The maximum Gasteiger partial charge on any atom is 0.0964 e. The molecule has 0 aromatic rings. The minimum atomic E-state index is 0.566. The van der Waals surface area contributed by atoms with Gasteiger partial charge in [0.25, 0.3) is 0 Å². The van der Waals surface area contributed by atoms with E-state index in [1.165, 1.54) is 71.1 Å². The Hall–Kier alpha value is -0.120. The fourth-order valence-corrected chi connectivity index (χ4v) is 4.52. The minimum Gasteiger partial charge on any atom is -0.371 e. The Morgan fingerprint density at radius 3 is 2.10 bits per heavy atom. The fourth-order valence-electron chi connectivity index (χ4n) is 4.52. The van der Waals surface area contributed by atoms with Crippen LogP contribution in [0.15, 0.2) is 0 Å². The second kappa shape index (κ2) is 7.43. The molecule has 0 amide bonds. The van der Waals surface area contributed by atoms with Gasteiger partial charge in [0, 0.05) is 6.04 Å². The van der Waals surface area contributed by atoms with Gasteiger partial charge < -0.3 is 9.64 Å². The number of piperidine rings is 2. The lowest BCUT2D eigenvalue weighted by atomic mass is 9.78. The van der Waals surface area contributed by atoms with Crippen molar-refractivity contribution in [2.75, 3.05) is 39.8 Å². The average molecular weight is 294 g/mol. The van der Waals surface area contributed by atoms with E-state index in [9.17, 15) is 0 Å². The van der Waals surface area contributed by atoms with Crippen LogP contribution in [0.1, 0.15) is 51.9 Å². The molecule has 3 aliphatic rings. The van der Waals surface area contributed by atoms with Gasteiger partial charge in [0.2, 0.25) is 0 Å². The van der Waals surface area contributed by atoms with Crippen molar-refractivity contribution in [1.29, 1.82) is 0 Å². The number of likely N-dealkylation sites (tertiary alicyclic amines) is 2. The number of hydrogen-bond acceptors (Lipinski definition) is 3. The van der Waals surface area contributed by atoms with E-state index in [1.54, 1.807) is 0 Å². The molecular weight excluding hydrogens is 260 g/mol. The number of epoxide rings is 1. The topological polar surface area (TPSA) is 19.0 Å². The molecule has 2 unspecified atom stereocenters. The molecule has 3 saturated heterocycles. The van der Waals surface area contributed by atoms with E-state index in [0.717, 1.165) is 24.5 Å². The second-order valence-electron chi connectivity index (χ2n) is 7.60. The smallest absolute Gasteiger partial charge is 0.0964 e. The van der Waals surface area contributed by atoms with Crippen molar-refractivity contribution in [3.63, 3.8) is 0 Å². The van der Waals surface area contributed by atoms with Crippen LogP contribution in [-0.4, -0.2) is 61.8 Å². The Morgan fingerprint density at radius 1 is 1.00 bits per heavy atom. The van der Waals surface area contributed by atoms with Gasteiger partial charge in [-0.1, -0.05) is 19.8 Å². The highest BCUT2D eigenvalue weighted by Gasteiger charge is 2.38. The van der Waals surface area contributed by atoms with Gasteiger partial charge in [-0.2, -0.15) is 0 Å². The first-order valence-corrected chi connectivity index (χ1v) is 9.32. The summed E-state index contributed by atoms with van der Waals surface area (Å²) in [7, 11) is 2.27. The highest BCUT2D eigenvalue weighted by atomic mass is 16.6. The number of nitrogens with zero attached hydrogens (tertiary/aromatic N) is 2. The zero-order valence-corrected chi connectivity index (χ0v) is 14.1. The van der Waals surface area contributed by atoms with Gasteiger partial charge in [-0.25, -0.2) is 0 Å². The lowest BCUT2D eigenvalue weighted by molar-refractivity contribution is 0.0681. The maximum atomic E-state index is 5.63. The van der Waals surface area contributed by atoms with Crippen molar-refractivity contribution >= 4 is 0 Å². The zero-order chi connectivity index (χ0) is 14.7. The van der Waals surface area contributed by atoms with Gasteiger partial charge in [-0.3, -0.25) is 4.90 Å². The van der Waals surface area contributed by atoms with E-state index in [2.05, 4.69) is 23.8 Å². The van der Waals surface area contributed by atoms with E-state index in [1.807, 2.05) is 0 Å². The molecule has 122 valence electrons. The first-order chi connectivity index (χ1) is 10.3. The van der Waals surface area contributed by atoms with Gasteiger partial charge >= 0.3 is 0 Å². The molecule has 3 heterocycles. The molecule has 0 aliphatic carbocycles. The lowest BCUT2D eigenvalue weighted by Gasteiger charge is -2.41. The summed E-state index contributed by atoms with van der Waals surface area (Å²) in [6.45, 7) is 8.61. The van der Waals surface area contributed by atoms with Crippen molar-refractivity contribution in [3.8, 4) is 0 Å². The van der Waals surface area contributed by atoms with Gasteiger partial charge in [0.05, 0.1) is 12.7 Å². The van der Waals surface area contributed by atoms with Crippen LogP contribution in [-0.2, 0) is 4.74 Å². The van der Waals surface area contributed by atoms with Crippen LogP contribution in [0.25, 0.3) is 0 Å². The van der Waals surface area contributed by atoms with Crippen LogP contribution in [0.3, 0.4) is 0 Å². The maximum absolute atomic E-state index is 5.63. The Bertz CT molecular complexity index is 302. The molecule has 3 fully saturated rings. The summed E-state index contributed by atoms with van der Waals surface area (Å²) in [6.07, 6.45) is 10.3. The van der Waals surface area contributed by atoms with Crippen LogP contribution < -0.4 is 0 Å². The zero-order valence-electron chi connectivity index (χ0n) is 14.1. The molecule has 0 N–H and O–H groups in total. The summed E-state index contributed by atoms with van der Waals surface area (Å²) in [4.78, 5) is 5.26. The van der Waals surface area contributed by atoms with E-state index < -0.39 is 0 Å². The van der Waals surface area contributed by atoms with Crippen LogP contribution >= 0.6 is 0 Å². The first-order valence-electron chi connectivity index (χ1n) is 9.32. The number of unbranched alkanes of at least 4 members (excludes halogenated alkanes) is 1. The van der Waals surface area contributed by atoms with Gasteiger partial charge in [0.15, 0.2) is 0 Å². The number of hydrogen-bond donors (Lipinski definition) is 0. The molecule has 3 aliphatic heterocycles. The minimum absolute atomic E-state index is 0.566. The summed E-state index contributed by atoms with van der Waals surface area (Å²) < 4.78 is 5.63. The fraction of sp³-hybridized carbons (Fsp3) is 1.00. The van der Waals surface area contributed by atoms with Crippen molar-refractivity contribution in [3.05, 3.63) is 0 Å². The summed E-state index contributed by atoms with van der Waals surface area (Å²) in [5, 5.41) is 0. The van der Waals surface area contributed by atoms with Crippen LogP contribution in [0.5, 0.6) is 0 Å². The second-order valence-corrected chi connectivity index (χ2v) is 7.60. The molecule has 0 aromatic carbocycles. The average Bonchev–Trinajstić information content (AvgIpc) is 3.34. The van der Waals surface area contributed by atoms with E-state index in [4.69, 9.17) is 4.74 Å². The van der Waals surface area contributed by atoms with E-state index >= 15 is 0 Å². The van der Waals surface area contributed by atoms with Crippen molar-refractivity contribution < 1.29 is 4.74 Å². The molecule has 3 rings (SSSR count). The Kier molecular flexibility index (Phi) is 5.58. The van der Waals surface area contributed by atoms with E-state index in [-0.39, 0.29) is 0 Å². The monoisotopic (exact) mass is 294 g/mol. The summed E-state index contributed by atoms with van der Waals surface area (Å²) in [5.74, 6) is 2.01. The summed E-state index contributed by atoms with van der Waals surface area (Å²) in [5.41, 5.74) is 0. The third-order valence-electron chi connectivity index (χ3n) is 6.11. The van der Waals surface area contributed by atoms with Crippen molar-refractivity contribution in [2.45, 2.75) is 64.0 Å². The number of rotatable bonds is 6. The molecule has 0 aromatic heterocycles. The van der Waals surface area contributed by atoms with Gasteiger partial charge in [-0.15, -0.1) is 0 Å². The quantitative estimate of drug-likeness (QED) is 0.702. The summed E-state index contributed by atoms with van der Waals surface area (Å²) in [6, 6.07) is 0.725. The molecule has 0 bridgehead atoms. The predicted molar refractivity (Wildman–Crippen MR) is 87.6 cm³/mol. The van der Waals surface area contributed by atoms with Gasteiger partial charge in [-0.05, 0) is 77.2 Å². The summed E-state index contributed by atoms with van der Waals surface area (Å²) >= 11 is 0. The molecule has 21 heavy (non-hydrogen) atoms. The van der Waals surface area contributed by atoms with Crippen LogP contribution in [0, 0.1) is 11.8 Å². The third-order valence-corrected chi connectivity index (χ3v) is 6.11. The van der Waals surface area contributed by atoms with Crippen LogP contribution in [0.4, 0.5) is 0 Å². The molecule has 0 radical (unpaired) electrons. The highest BCUT2D eigenvalue weighted by Crippen LogP contribution is 2.34. The highest BCUT2D eigenvalue weighted by molar-refractivity contribution is 4.90. The Balaban J connectivity index is 1.45. The van der Waals surface area contributed by atoms with Crippen LogP contribution in [0.2, 0.25) is 0 Å². The third kappa shape index (κ3) is 4.20. The molecule has 3 nitrogen and oxygen atoms in total. The lowest BCUT2D eigenvalue weighted by Crippen LogP contribution is -2.46. The van der Waals surface area contributed by atoms with E-state index in [0.29, 0.717) is 6.10 Å². The standard InChI is InChI=1S/C18H34N2O/c1-3-4-5-17(18-14-21-18)20-12-8-16(9-13-20)15-6-10-19(2)11-7-15/h15-18H,3-14H2,1-2H3. The molecule has 3 heteroatoms.